The minimum absolute atomic E-state index is 0.0458. The van der Waals surface area contributed by atoms with Crippen LogP contribution in [0.3, 0.4) is 0 Å². The maximum atomic E-state index is 12.9. The van der Waals surface area contributed by atoms with Crippen LogP contribution in [-0.4, -0.2) is 36.6 Å². The SMILES string of the molecule is Cc1ccc(-c2nnn(CC(=O)c3cc(C)n(NC(=O)c4ccccc4)c3C)n2)cc1. The van der Waals surface area contributed by atoms with Gasteiger partial charge in [-0.1, -0.05) is 48.0 Å². The van der Waals surface area contributed by atoms with E-state index in [0.717, 1.165) is 16.8 Å². The predicted molar refractivity (Wildman–Crippen MR) is 116 cm³/mol. The standard InChI is InChI=1S/C23H22N6O2/c1-15-9-11-18(12-10-15)22-24-27-28(25-22)14-21(30)20-13-16(2)29(17(20)3)26-23(31)19-7-5-4-6-8-19/h4-13H,14H2,1-3H3,(H,26,31). The van der Waals surface area contributed by atoms with E-state index in [1.807, 2.05) is 44.2 Å². The highest BCUT2D eigenvalue weighted by Crippen LogP contribution is 2.17. The van der Waals surface area contributed by atoms with Crippen LogP contribution in [0.4, 0.5) is 0 Å². The number of Topliss-reactive ketones (excluding diaryl/α,β-unsaturated/α-hetero) is 1. The van der Waals surface area contributed by atoms with Crippen LogP contribution in [0, 0.1) is 20.8 Å². The van der Waals surface area contributed by atoms with Gasteiger partial charge in [0, 0.05) is 28.1 Å². The van der Waals surface area contributed by atoms with Crippen molar-refractivity contribution in [2.75, 3.05) is 5.43 Å². The van der Waals surface area contributed by atoms with Crippen LogP contribution in [-0.2, 0) is 6.54 Å². The number of nitrogens with one attached hydrogen (secondary N) is 1. The second-order valence-electron chi connectivity index (χ2n) is 7.36. The zero-order valence-electron chi connectivity index (χ0n) is 17.5. The van der Waals surface area contributed by atoms with E-state index in [0.29, 0.717) is 22.6 Å². The molecule has 0 saturated carbocycles. The zero-order chi connectivity index (χ0) is 22.0. The summed E-state index contributed by atoms with van der Waals surface area (Å²) in [6.45, 7) is 5.58. The van der Waals surface area contributed by atoms with Crippen LogP contribution < -0.4 is 5.43 Å². The first-order chi connectivity index (χ1) is 14.9. The molecule has 0 aliphatic rings. The van der Waals surface area contributed by atoms with Gasteiger partial charge in [-0.3, -0.25) is 19.7 Å². The summed E-state index contributed by atoms with van der Waals surface area (Å²) in [4.78, 5) is 26.7. The van der Waals surface area contributed by atoms with Crippen molar-refractivity contribution < 1.29 is 9.59 Å². The van der Waals surface area contributed by atoms with Gasteiger partial charge in [0.1, 0.15) is 6.54 Å². The van der Waals surface area contributed by atoms with Gasteiger partial charge >= 0.3 is 0 Å². The summed E-state index contributed by atoms with van der Waals surface area (Å²) in [5, 5.41) is 12.4. The number of ketones is 1. The smallest absolute Gasteiger partial charge is 0.270 e. The van der Waals surface area contributed by atoms with Gasteiger partial charge in [-0.2, -0.15) is 4.80 Å². The number of hydrogen-bond acceptors (Lipinski definition) is 5. The van der Waals surface area contributed by atoms with Gasteiger partial charge in [0.05, 0.1) is 0 Å². The Hall–Kier alpha value is -4.07. The van der Waals surface area contributed by atoms with Crippen LogP contribution in [0.1, 0.15) is 37.7 Å². The lowest BCUT2D eigenvalue weighted by molar-refractivity contribution is 0.0957. The van der Waals surface area contributed by atoms with E-state index >= 15 is 0 Å². The third-order valence-electron chi connectivity index (χ3n) is 5.03. The van der Waals surface area contributed by atoms with Crippen molar-refractivity contribution in [3.05, 3.63) is 88.7 Å². The molecular formula is C23H22N6O2. The molecule has 0 aliphatic carbocycles. The van der Waals surface area contributed by atoms with E-state index in [1.165, 1.54) is 4.80 Å². The Balaban J connectivity index is 1.50. The fourth-order valence-electron chi connectivity index (χ4n) is 3.31. The lowest BCUT2D eigenvalue weighted by Gasteiger charge is -2.11. The molecule has 2 aromatic carbocycles. The number of amides is 1. The van der Waals surface area contributed by atoms with Crippen molar-refractivity contribution in [1.29, 1.82) is 0 Å². The largest absolute Gasteiger partial charge is 0.292 e. The fraction of sp³-hybridized carbons (Fsp3) is 0.174. The van der Waals surface area contributed by atoms with Crippen molar-refractivity contribution in [2.45, 2.75) is 27.3 Å². The molecule has 8 heteroatoms. The lowest BCUT2D eigenvalue weighted by Crippen LogP contribution is -2.25. The highest BCUT2D eigenvalue weighted by Gasteiger charge is 2.19. The highest BCUT2D eigenvalue weighted by atomic mass is 16.2. The first-order valence-corrected chi connectivity index (χ1v) is 9.86. The number of aromatic nitrogens is 5. The zero-order valence-corrected chi connectivity index (χ0v) is 17.5. The molecule has 0 radical (unpaired) electrons. The molecule has 0 spiro atoms. The lowest BCUT2D eigenvalue weighted by atomic mass is 10.1. The Bertz CT molecular complexity index is 1240. The summed E-state index contributed by atoms with van der Waals surface area (Å²) in [6.07, 6.45) is 0. The molecule has 4 rings (SSSR count). The summed E-state index contributed by atoms with van der Waals surface area (Å²) >= 11 is 0. The Morgan fingerprint density at radius 3 is 2.39 bits per heavy atom. The monoisotopic (exact) mass is 414 g/mol. The van der Waals surface area contributed by atoms with Gasteiger partial charge in [0.2, 0.25) is 5.82 Å². The van der Waals surface area contributed by atoms with E-state index < -0.39 is 0 Å². The number of benzene rings is 2. The quantitative estimate of drug-likeness (QED) is 0.488. The first-order valence-electron chi connectivity index (χ1n) is 9.86. The average Bonchev–Trinajstić information content (AvgIpc) is 3.34. The molecule has 0 unspecified atom stereocenters. The Labute approximate surface area is 179 Å². The molecule has 31 heavy (non-hydrogen) atoms. The van der Waals surface area contributed by atoms with Gasteiger partial charge in [0.25, 0.3) is 5.91 Å². The van der Waals surface area contributed by atoms with E-state index in [9.17, 15) is 9.59 Å². The Morgan fingerprint density at radius 1 is 0.968 bits per heavy atom. The molecule has 156 valence electrons. The number of carbonyl (C=O) groups is 2. The molecule has 2 heterocycles. The molecule has 0 fully saturated rings. The van der Waals surface area contributed by atoms with Crippen LogP contribution in [0.25, 0.3) is 11.4 Å². The van der Waals surface area contributed by atoms with Gasteiger partial charge in [0.15, 0.2) is 5.78 Å². The van der Waals surface area contributed by atoms with Crippen LogP contribution in [0.2, 0.25) is 0 Å². The molecule has 1 amide bonds. The van der Waals surface area contributed by atoms with Crippen molar-refractivity contribution in [1.82, 2.24) is 24.9 Å². The third kappa shape index (κ3) is 4.28. The number of aryl methyl sites for hydroxylation is 2. The first kappa shape index (κ1) is 20.2. The van der Waals surface area contributed by atoms with Crippen molar-refractivity contribution in [2.24, 2.45) is 0 Å². The number of nitrogens with zero attached hydrogens (tertiary/aromatic N) is 5. The molecular weight excluding hydrogens is 392 g/mol. The fourth-order valence-corrected chi connectivity index (χ4v) is 3.31. The summed E-state index contributed by atoms with van der Waals surface area (Å²) < 4.78 is 1.62. The normalized spacial score (nSPS) is 10.8. The second kappa shape index (κ2) is 8.35. The number of rotatable bonds is 6. The predicted octanol–water partition coefficient (Wildman–Crippen LogP) is 3.33. The van der Waals surface area contributed by atoms with E-state index in [2.05, 4.69) is 20.8 Å². The van der Waals surface area contributed by atoms with Crippen LogP contribution in [0.5, 0.6) is 0 Å². The summed E-state index contributed by atoms with van der Waals surface area (Å²) in [5.41, 5.74) is 7.25. The minimum atomic E-state index is -0.248. The maximum absolute atomic E-state index is 12.9. The van der Waals surface area contributed by atoms with Crippen molar-refractivity contribution in [3.63, 3.8) is 0 Å². The summed E-state index contributed by atoms with van der Waals surface area (Å²) in [6, 6.07) is 18.4. The molecule has 0 aliphatic heterocycles. The number of carbonyl (C=O) groups excluding carboxylic acids is 2. The minimum Gasteiger partial charge on any atom is -0.292 e. The molecule has 0 atom stereocenters. The third-order valence-corrected chi connectivity index (χ3v) is 5.03. The topological polar surface area (TPSA) is 94.7 Å². The molecule has 2 aromatic heterocycles. The number of tetrazole rings is 1. The maximum Gasteiger partial charge on any atom is 0.270 e. The van der Waals surface area contributed by atoms with E-state index in [4.69, 9.17) is 0 Å². The molecule has 8 nitrogen and oxygen atoms in total. The molecule has 0 saturated heterocycles. The van der Waals surface area contributed by atoms with Crippen LogP contribution in [0.15, 0.2) is 60.7 Å². The van der Waals surface area contributed by atoms with Gasteiger partial charge < -0.3 is 0 Å². The summed E-state index contributed by atoms with van der Waals surface area (Å²) in [7, 11) is 0. The van der Waals surface area contributed by atoms with E-state index in [1.54, 1.807) is 41.9 Å². The molecule has 0 bridgehead atoms. The van der Waals surface area contributed by atoms with Gasteiger partial charge in [-0.25, -0.2) is 0 Å². The Kier molecular flexibility index (Phi) is 5.44. The Morgan fingerprint density at radius 2 is 1.68 bits per heavy atom. The van der Waals surface area contributed by atoms with Crippen molar-refractivity contribution in [3.8, 4) is 11.4 Å². The van der Waals surface area contributed by atoms with Crippen molar-refractivity contribution >= 4 is 11.7 Å². The molecule has 4 aromatic rings. The highest BCUT2D eigenvalue weighted by molar-refractivity contribution is 6.01. The summed E-state index contributed by atoms with van der Waals surface area (Å²) in [5.74, 6) is 0.0524. The second-order valence-corrected chi connectivity index (χ2v) is 7.36. The van der Waals surface area contributed by atoms with Gasteiger partial charge in [-0.15, -0.1) is 10.2 Å². The number of hydrogen-bond donors (Lipinski definition) is 1. The van der Waals surface area contributed by atoms with Gasteiger partial charge in [-0.05, 0) is 44.2 Å². The molecule has 1 N–H and O–H groups in total. The van der Waals surface area contributed by atoms with E-state index in [-0.39, 0.29) is 18.2 Å². The average molecular weight is 414 g/mol. The van der Waals surface area contributed by atoms with Crippen LogP contribution >= 0.6 is 0 Å².